The number of carbonyl (C=O) groups excluding carboxylic acids is 1. The molecule has 0 bridgehead atoms. The number of nitrogens with one attached hydrogen (secondary N) is 1. The van der Waals surface area contributed by atoms with Crippen molar-refractivity contribution in [2.24, 2.45) is 0 Å². The number of rotatable bonds is 5. The van der Waals surface area contributed by atoms with Crippen LogP contribution in [0.3, 0.4) is 0 Å². The highest BCUT2D eigenvalue weighted by atomic mass is 32.2. The quantitative estimate of drug-likeness (QED) is 0.760. The molecule has 0 aliphatic carbocycles. The Kier molecular flexibility index (Phi) is 6.04. The topological polar surface area (TPSA) is 84.9 Å². The average Bonchev–Trinajstić information content (AvgIpc) is 2.70. The molecule has 1 aliphatic rings. The highest BCUT2D eigenvalue weighted by molar-refractivity contribution is 7.97. The van der Waals surface area contributed by atoms with Crippen LogP contribution in [0.1, 0.15) is 42.1 Å². The summed E-state index contributed by atoms with van der Waals surface area (Å²) in [6.07, 6.45) is 0. The van der Waals surface area contributed by atoms with E-state index >= 15 is 0 Å². The van der Waals surface area contributed by atoms with E-state index in [2.05, 4.69) is 5.32 Å². The van der Waals surface area contributed by atoms with Crippen LogP contribution in [-0.4, -0.2) is 35.6 Å². The number of carbonyl (C=O) groups is 1. The van der Waals surface area contributed by atoms with Gasteiger partial charge in [-0.25, -0.2) is 8.42 Å². The van der Waals surface area contributed by atoms with Crippen LogP contribution in [0.2, 0.25) is 0 Å². The lowest BCUT2D eigenvalue weighted by atomic mass is 10.00. The van der Waals surface area contributed by atoms with Crippen LogP contribution in [-0.2, 0) is 14.8 Å². The fraction of sp³-hybridized carbons (Fsp3) is 0.348. The molecule has 0 saturated heterocycles. The van der Waals surface area contributed by atoms with E-state index in [0.717, 1.165) is 21.0 Å². The summed E-state index contributed by atoms with van der Waals surface area (Å²) in [6, 6.07) is 8.88. The molecule has 2 aromatic rings. The number of sulfonamides is 1. The fourth-order valence-corrected chi connectivity index (χ4v) is 5.42. The molecule has 0 saturated carbocycles. The summed E-state index contributed by atoms with van der Waals surface area (Å²) in [5.41, 5.74) is 4.47. The second kappa shape index (κ2) is 8.26. The summed E-state index contributed by atoms with van der Waals surface area (Å²) >= 11 is 0. The lowest BCUT2D eigenvalue weighted by molar-refractivity contribution is -0.117. The number of hydrogen-bond donors (Lipinski definition) is 1. The van der Waals surface area contributed by atoms with Crippen molar-refractivity contribution < 1.29 is 22.7 Å². The number of ether oxygens (including phenoxy) is 2. The molecule has 0 aromatic heterocycles. The number of allylic oxidation sites excluding steroid dienone is 1. The minimum Gasteiger partial charge on any atom is -0.493 e. The highest BCUT2D eigenvalue weighted by Gasteiger charge is 2.38. The van der Waals surface area contributed by atoms with Crippen LogP contribution in [0.15, 0.2) is 35.2 Å². The van der Waals surface area contributed by atoms with Gasteiger partial charge < -0.3 is 14.8 Å². The molecule has 3 rings (SSSR count). The number of anilines is 1. The maximum absolute atomic E-state index is 13.2. The van der Waals surface area contributed by atoms with Crippen LogP contribution < -0.4 is 19.1 Å². The first-order valence-electron chi connectivity index (χ1n) is 9.87. The van der Waals surface area contributed by atoms with Crippen molar-refractivity contribution >= 4 is 27.2 Å². The Morgan fingerprint density at radius 2 is 1.65 bits per heavy atom. The predicted molar refractivity (Wildman–Crippen MR) is 122 cm³/mol. The summed E-state index contributed by atoms with van der Waals surface area (Å²) in [4.78, 5) is 12.9. The smallest absolute Gasteiger partial charge is 0.269 e. The van der Waals surface area contributed by atoms with E-state index in [0.29, 0.717) is 28.3 Å². The first-order valence-corrected chi connectivity index (χ1v) is 11.3. The summed E-state index contributed by atoms with van der Waals surface area (Å²) < 4.78 is 38.3. The number of amides is 1. The molecule has 1 N–H and O–H groups in total. The Balaban J connectivity index is 2.07. The van der Waals surface area contributed by atoms with Gasteiger partial charge in [0, 0.05) is 18.7 Å². The molecular formula is C23H28N2O5S. The lowest BCUT2D eigenvalue weighted by Crippen LogP contribution is -2.39. The van der Waals surface area contributed by atoms with Crippen molar-refractivity contribution in [1.29, 1.82) is 0 Å². The summed E-state index contributed by atoms with van der Waals surface area (Å²) in [5.74, 6) is 0.224. The molecule has 166 valence electrons. The summed E-state index contributed by atoms with van der Waals surface area (Å²) in [5, 5.41) is 2.86. The summed E-state index contributed by atoms with van der Waals surface area (Å²) in [6.45, 7) is 7.44. The molecule has 1 amide bonds. The second-order valence-electron chi connectivity index (χ2n) is 7.71. The van der Waals surface area contributed by atoms with Crippen LogP contribution in [0.4, 0.5) is 5.69 Å². The van der Waals surface area contributed by atoms with Gasteiger partial charge in [0.1, 0.15) is 0 Å². The van der Waals surface area contributed by atoms with Crippen LogP contribution in [0.5, 0.6) is 11.5 Å². The molecule has 2 aromatic carbocycles. The van der Waals surface area contributed by atoms with Crippen molar-refractivity contribution in [3.63, 3.8) is 0 Å². The molecule has 1 aliphatic heterocycles. The number of nitrogens with zero attached hydrogens (tertiary/aromatic N) is 1. The van der Waals surface area contributed by atoms with Crippen molar-refractivity contribution in [2.45, 2.75) is 33.7 Å². The van der Waals surface area contributed by atoms with Gasteiger partial charge in [-0.2, -0.15) is 0 Å². The van der Waals surface area contributed by atoms with Gasteiger partial charge in [-0.1, -0.05) is 23.8 Å². The first-order chi connectivity index (χ1) is 14.5. The number of fused-ring (bicyclic) bond motifs is 1. The van der Waals surface area contributed by atoms with Gasteiger partial charge in [-0.3, -0.25) is 9.10 Å². The Morgan fingerprint density at radius 3 is 2.23 bits per heavy atom. The third-order valence-electron chi connectivity index (χ3n) is 5.65. The number of hydrogen-bond acceptors (Lipinski definition) is 5. The third-order valence-corrected chi connectivity index (χ3v) is 7.58. The molecular weight excluding hydrogens is 416 g/mol. The Bertz CT molecular complexity index is 1180. The van der Waals surface area contributed by atoms with E-state index in [-0.39, 0.29) is 10.9 Å². The van der Waals surface area contributed by atoms with E-state index in [1.54, 1.807) is 19.1 Å². The van der Waals surface area contributed by atoms with E-state index < -0.39 is 15.9 Å². The molecule has 0 unspecified atom stereocenters. The maximum Gasteiger partial charge on any atom is 0.269 e. The van der Waals surface area contributed by atoms with E-state index in [1.807, 2.05) is 39.0 Å². The van der Waals surface area contributed by atoms with Gasteiger partial charge >= 0.3 is 0 Å². The monoisotopic (exact) mass is 444 g/mol. The van der Waals surface area contributed by atoms with Crippen LogP contribution in [0.25, 0.3) is 5.57 Å². The van der Waals surface area contributed by atoms with Gasteiger partial charge in [0.2, 0.25) is 0 Å². The van der Waals surface area contributed by atoms with Gasteiger partial charge in [0.25, 0.3) is 15.9 Å². The highest BCUT2D eigenvalue weighted by Crippen LogP contribution is 2.44. The predicted octanol–water partition coefficient (Wildman–Crippen LogP) is 3.71. The summed E-state index contributed by atoms with van der Waals surface area (Å²) in [7, 11) is 0.365. The number of benzene rings is 2. The second-order valence-corrected chi connectivity index (χ2v) is 9.61. The molecule has 0 fully saturated rings. The van der Waals surface area contributed by atoms with Gasteiger partial charge in [0.05, 0.1) is 25.9 Å². The van der Waals surface area contributed by atoms with E-state index in [1.165, 1.54) is 21.3 Å². The average molecular weight is 445 g/mol. The van der Waals surface area contributed by atoms with Crippen molar-refractivity contribution in [3.8, 4) is 11.5 Å². The minimum atomic E-state index is -4.05. The van der Waals surface area contributed by atoms with Gasteiger partial charge in [-0.05, 0) is 50.5 Å². The number of methoxy groups -OCH3 is 2. The zero-order valence-corrected chi connectivity index (χ0v) is 19.7. The molecule has 1 heterocycles. The Labute approximate surface area is 183 Å². The van der Waals surface area contributed by atoms with Gasteiger partial charge in [0.15, 0.2) is 16.4 Å². The normalized spacial score (nSPS) is 15.9. The number of aryl methyl sites for hydroxylation is 2. The third kappa shape index (κ3) is 3.87. The molecule has 7 nitrogen and oxygen atoms in total. The van der Waals surface area contributed by atoms with Crippen molar-refractivity contribution in [2.75, 3.05) is 25.6 Å². The Hall–Kier alpha value is -3.00. The molecule has 1 atom stereocenters. The molecule has 31 heavy (non-hydrogen) atoms. The Morgan fingerprint density at radius 1 is 1.03 bits per heavy atom. The first kappa shape index (κ1) is 22.7. The maximum atomic E-state index is 13.2. The van der Waals surface area contributed by atoms with Crippen LogP contribution >= 0.6 is 0 Å². The fourth-order valence-electron chi connectivity index (χ4n) is 3.95. The molecule has 0 spiro atoms. The van der Waals surface area contributed by atoms with Crippen molar-refractivity contribution in [1.82, 2.24) is 5.32 Å². The van der Waals surface area contributed by atoms with Crippen molar-refractivity contribution in [3.05, 3.63) is 57.5 Å². The SMILES string of the molecule is COc1cc2c(cc1OC)N(C)S(=O)(=O)C(C(=O)N[C@@H](C)c1ccc(C)cc1C)=C2C. The standard InChI is InChI=1S/C23H28N2O5S/c1-13-8-9-17(14(2)10-13)16(4)24-23(26)22-15(3)18-11-20(29-6)21(30-7)12-19(18)25(5)31(22,27)28/h8-12,16H,1-7H3,(H,24,26)/t16-/m0/s1. The van der Waals surface area contributed by atoms with Gasteiger partial charge in [-0.15, -0.1) is 0 Å². The largest absolute Gasteiger partial charge is 0.493 e. The van der Waals surface area contributed by atoms with E-state index in [4.69, 9.17) is 9.47 Å². The zero-order chi connectivity index (χ0) is 23.1. The molecule has 0 radical (unpaired) electrons. The molecule has 8 heteroatoms. The zero-order valence-electron chi connectivity index (χ0n) is 18.9. The van der Waals surface area contributed by atoms with Crippen LogP contribution in [0, 0.1) is 13.8 Å². The minimum absolute atomic E-state index is 0.272. The van der Waals surface area contributed by atoms with E-state index in [9.17, 15) is 13.2 Å². The lowest BCUT2D eigenvalue weighted by Gasteiger charge is -2.31.